The van der Waals surface area contributed by atoms with Crippen LogP contribution in [0.4, 0.5) is 5.69 Å². The fourth-order valence-corrected chi connectivity index (χ4v) is 4.44. The van der Waals surface area contributed by atoms with Gasteiger partial charge in [0.1, 0.15) is 4.32 Å². The van der Waals surface area contributed by atoms with E-state index >= 15 is 0 Å². The molecule has 156 valence electrons. The Hall–Kier alpha value is -2.48. The van der Waals surface area contributed by atoms with Gasteiger partial charge in [0, 0.05) is 25.2 Å². The molecule has 30 heavy (non-hydrogen) atoms. The molecule has 1 fully saturated rings. The zero-order valence-corrected chi connectivity index (χ0v) is 18.4. The zero-order chi connectivity index (χ0) is 21.5. The average molecular weight is 441 g/mol. The second kappa shape index (κ2) is 10.5. The number of hydrogen-bond acceptors (Lipinski definition) is 5. The van der Waals surface area contributed by atoms with Crippen LogP contribution in [0.2, 0.25) is 0 Å². The normalized spacial score (nSPS) is 15.1. The highest BCUT2D eigenvalue weighted by atomic mass is 32.2. The van der Waals surface area contributed by atoms with Gasteiger partial charge in [-0.2, -0.15) is 0 Å². The first-order valence-corrected chi connectivity index (χ1v) is 11.0. The summed E-state index contributed by atoms with van der Waals surface area (Å²) >= 11 is 6.67. The van der Waals surface area contributed by atoms with Crippen LogP contribution in [0, 0.1) is 6.92 Å². The largest absolute Gasteiger partial charge is 0.395 e. The van der Waals surface area contributed by atoms with E-state index in [4.69, 9.17) is 12.2 Å². The third kappa shape index (κ3) is 5.56. The first kappa shape index (κ1) is 22.2. The van der Waals surface area contributed by atoms with Crippen LogP contribution in [-0.2, 0) is 9.59 Å². The molecule has 0 unspecified atom stereocenters. The number of hydrogen-bond donors (Lipinski definition) is 1. The second-order valence-corrected chi connectivity index (χ2v) is 8.63. The number of nitrogens with zero attached hydrogens (tertiary/aromatic N) is 2. The molecule has 7 heteroatoms. The molecular formula is C23H24N2O3S2. The Kier molecular flexibility index (Phi) is 7.79. The smallest absolute Gasteiger partial charge is 0.266 e. The second-order valence-electron chi connectivity index (χ2n) is 6.95. The minimum Gasteiger partial charge on any atom is -0.395 e. The maximum Gasteiger partial charge on any atom is 0.266 e. The molecule has 5 nitrogen and oxygen atoms in total. The van der Waals surface area contributed by atoms with E-state index in [2.05, 4.69) is 0 Å². The van der Waals surface area contributed by atoms with Gasteiger partial charge in [0.05, 0.1) is 11.5 Å². The van der Waals surface area contributed by atoms with Gasteiger partial charge in [0.15, 0.2) is 0 Å². The minimum atomic E-state index is -0.117. The van der Waals surface area contributed by atoms with E-state index < -0.39 is 0 Å². The van der Waals surface area contributed by atoms with E-state index in [0.29, 0.717) is 22.2 Å². The standard InChI is InChI=1S/C23H24N2O3S2/c1-17-9-11-18(12-10-17)16-20-22(28)25(23(29)30-20)13-5-8-21(27)24(14-15-26)19-6-3-2-4-7-19/h2-4,6-7,9-12,16,26H,5,8,13-15H2,1H3. The summed E-state index contributed by atoms with van der Waals surface area (Å²) in [5.74, 6) is -0.204. The summed E-state index contributed by atoms with van der Waals surface area (Å²) in [6, 6.07) is 17.2. The lowest BCUT2D eigenvalue weighted by Gasteiger charge is -2.22. The molecule has 2 amide bonds. The molecule has 0 atom stereocenters. The molecule has 0 saturated carbocycles. The molecule has 1 aliphatic rings. The number of amides is 2. The number of aryl methyl sites for hydroxylation is 1. The number of carbonyl (C=O) groups excluding carboxylic acids is 2. The van der Waals surface area contributed by atoms with Gasteiger partial charge in [-0.15, -0.1) is 0 Å². The van der Waals surface area contributed by atoms with Crippen molar-refractivity contribution < 1.29 is 14.7 Å². The van der Waals surface area contributed by atoms with Gasteiger partial charge in [0.25, 0.3) is 5.91 Å². The minimum absolute atomic E-state index is 0.0871. The number of thioether (sulfide) groups is 1. The number of benzene rings is 2. The average Bonchev–Trinajstić information content (AvgIpc) is 3.01. The number of carbonyl (C=O) groups is 2. The summed E-state index contributed by atoms with van der Waals surface area (Å²) in [5.41, 5.74) is 2.87. The zero-order valence-electron chi connectivity index (χ0n) is 16.8. The molecule has 1 aliphatic heterocycles. The van der Waals surface area contributed by atoms with E-state index in [9.17, 15) is 14.7 Å². The quantitative estimate of drug-likeness (QED) is 0.497. The lowest BCUT2D eigenvalue weighted by atomic mass is 10.1. The molecular weight excluding hydrogens is 416 g/mol. The molecule has 0 spiro atoms. The summed E-state index contributed by atoms with van der Waals surface area (Å²) in [6.07, 6.45) is 2.61. The third-order valence-corrected chi connectivity index (χ3v) is 6.09. The van der Waals surface area contributed by atoms with Crippen LogP contribution in [0.3, 0.4) is 0 Å². The van der Waals surface area contributed by atoms with Gasteiger partial charge < -0.3 is 10.0 Å². The number of aliphatic hydroxyl groups is 1. The monoisotopic (exact) mass is 440 g/mol. The molecule has 1 heterocycles. The Morgan fingerprint density at radius 2 is 1.87 bits per heavy atom. The van der Waals surface area contributed by atoms with E-state index in [1.165, 1.54) is 11.8 Å². The van der Waals surface area contributed by atoms with Gasteiger partial charge in [-0.05, 0) is 37.1 Å². The highest BCUT2D eigenvalue weighted by Crippen LogP contribution is 2.32. The molecule has 0 bridgehead atoms. The van der Waals surface area contributed by atoms with Crippen LogP contribution < -0.4 is 4.90 Å². The molecule has 1 N–H and O–H groups in total. The molecule has 0 aliphatic carbocycles. The van der Waals surface area contributed by atoms with Crippen molar-refractivity contribution >= 4 is 51.9 Å². The van der Waals surface area contributed by atoms with Crippen molar-refractivity contribution in [3.8, 4) is 0 Å². The van der Waals surface area contributed by atoms with Crippen LogP contribution in [0.15, 0.2) is 59.5 Å². The third-order valence-electron chi connectivity index (χ3n) is 4.71. The van der Waals surface area contributed by atoms with Gasteiger partial charge in [-0.25, -0.2) is 0 Å². The van der Waals surface area contributed by atoms with Gasteiger partial charge in [0.2, 0.25) is 5.91 Å². The van der Waals surface area contributed by atoms with Crippen molar-refractivity contribution in [1.29, 1.82) is 0 Å². The lowest BCUT2D eigenvalue weighted by molar-refractivity contribution is -0.123. The molecule has 0 radical (unpaired) electrons. The van der Waals surface area contributed by atoms with Crippen molar-refractivity contribution in [2.75, 3.05) is 24.6 Å². The van der Waals surface area contributed by atoms with E-state index in [1.807, 2.05) is 67.6 Å². The maximum atomic E-state index is 12.7. The molecule has 0 aromatic heterocycles. The van der Waals surface area contributed by atoms with Crippen LogP contribution >= 0.6 is 24.0 Å². The van der Waals surface area contributed by atoms with Crippen molar-refractivity contribution in [3.63, 3.8) is 0 Å². The Balaban J connectivity index is 1.58. The van der Waals surface area contributed by atoms with E-state index in [-0.39, 0.29) is 31.4 Å². The predicted octanol–water partition coefficient (Wildman–Crippen LogP) is 4.00. The summed E-state index contributed by atoms with van der Waals surface area (Å²) < 4.78 is 0.515. The van der Waals surface area contributed by atoms with Crippen molar-refractivity contribution in [3.05, 3.63) is 70.6 Å². The fourth-order valence-electron chi connectivity index (χ4n) is 3.14. The SMILES string of the molecule is Cc1ccc(C=C2SC(=S)N(CCCC(=O)N(CCO)c3ccccc3)C2=O)cc1. The van der Waals surface area contributed by atoms with Crippen LogP contribution in [0.1, 0.15) is 24.0 Å². The number of rotatable bonds is 8. The Morgan fingerprint density at radius 3 is 2.53 bits per heavy atom. The summed E-state index contributed by atoms with van der Waals surface area (Å²) in [7, 11) is 0. The van der Waals surface area contributed by atoms with Gasteiger partial charge >= 0.3 is 0 Å². The Labute approximate surface area is 186 Å². The molecule has 1 saturated heterocycles. The lowest BCUT2D eigenvalue weighted by Crippen LogP contribution is -2.35. The van der Waals surface area contributed by atoms with E-state index in [0.717, 1.165) is 16.8 Å². The highest BCUT2D eigenvalue weighted by molar-refractivity contribution is 8.26. The van der Waals surface area contributed by atoms with Crippen LogP contribution in [0.25, 0.3) is 6.08 Å². The number of anilines is 1. The van der Waals surface area contributed by atoms with Crippen molar-refractivity contribution in [1.82, 2.24) is 4.90 Å². The van der Waals surface area contributed by atoms with Gasteiger partial charge in [-0.1, -0.05) is 72.0 Å². The van der Waals surface area contributed by atoms with Crippen LogP contribution in [0.5, 0.6) is 0 Å². The predicted molar refractivity (Wildman–Crippen MR) is 126 cm³/mol. The first-order valence-electron chi connectivity index (χ1n) is 9.78. The summed E-state index contributed by atoms with van der Waals surface area (Å²) in [4.78, 5) is 29.1. The number of aliphatic hydroxyl groups excluding tert-OH is 1. The Morgan fingerprint density at radius 1 is 1.17 bits per heavy atom. The van der Waals surface area contributed by atoms with E-state index in [1.54, 1.807) is 9.80 Å². The molecule has 2 aromatic carbocycles. The fraction of sp³-hybridized carbons (Fsp3) is 0.261. The molecule has 3 rings (SSSR count). The Bertz CT molecular complexity index is 943. The van der Waals surface area contributed by atoms with Crippen molar-refractivity contribution in [2.45, 2.75) is 19.8 Å². The number of para-hydroxylation sites is 1. The van der Waals surface area contributed by atoms with Crippen molar-refractivity contribution in [2.24, 2.45) is 0 Å². The first-order chi connectivity index (χ1) is 14.5. The van der Waals surface area contributed by atoms with Gasteiger partial charge in [-0.3, -0.25) is 14.5 Å². The molecule has 2 aromatic rings. The van der Waals surface area contributed by atoms with Crippen LogP contribution in [-0.4, -0.2) is 45.8 Å². The highest BCUT2D eigenvalue weighted by Gasteiger charge is 2.31. The number of thiocarbonyl (C=S) groups is 1. The summed E-state index contributed by atoms with van der Waals surface area (Å²) in [6.45, 7) is 2.54. The maximum absolute atomic E-state index is 12.7. The summed E-state index contributed by atoms with van der Waals surface area (Å²) in [5, 5.41) is 9.31. The topological polar surface area (TPSA) is 60.9 Å².